The van der Waals surface area contributed by atoms with Crippen LogP contribution in [0.2, 0.25) is 0 Å². The number of carbonyl (C=O) groups is 2. The molecule has 0 radical (unpaired) electrons. The molecule has 0 saturated carbocycles. The first-order valence-corrected chi connectivity index (χ1v) is 7.92. The van der Waals surface area contributed by atoms with Crippen molar-refractivity contribution in [3.8, 4) is 0 Å². The number of ketones is 1. The Morgan fingerprint density at radius 2 is 1.65 bits per heavy atom. The third-order valence-electron chi connectivity index (χ3n) is 3.67. The van der Waals surface area contributed by atoms with Crippen LogP contribution < -0.4 is 10.6 Å². The highest BCUT2D eigenvalue weighted by molar-refractivity contribution is 6.04. The Bertz CT molecular complexity index is 938. The zero-order valence-corrected chi connectivity index (χ0v) is 14.0. The van der Waals surface area contributed by atoms with Gasteiger partial charge in [0.15, 0.2) is 5.78 Å². The lowest BCUT2D eigenvalue weighted by molar-refractivity contribution is 0.101. The van der Waals surface area contributed by atoms with Crippen LogP contribution in [0.1, 0.15) is 27.6 Å². The van der Waals surface area contributed by atoms with Crippen LogP contribution >= 0.6 is 0 Å². The van der Waals surface area contributed by atoms with Crippen molar-refractivity contribution < 1.29 is 14.0 Å². The van der Waals surface area contributed by atoms with Crippen LogP contribution in [0.5, 0.6) is 0 Å². The predicted molar refractivity (Wildman–Crippen MR) is 98.3 cm³/mol. The van der Waals surface area contributed by atoms with Gasteiger partial charge in [-0.25, -0.2) is 9.37 Å². The summed E-state index contributed by atoms with van der Waals surface area (Å²) in [5.74, 6) is -0.282. The minimum absolute atomic E-state index is 0.00747. The van der Waals surface area contributed by atoms with Crippen molar-refractivity contribution in [3.63, 3.8) is 0 Å². The van der Waals surface area contributed by atoms with E-state index in [0.717, 1.165) is 5.69 Å². The molecule has 0 bridgehead atoms. The van der Waals surface area contributed by atoms with E-state index in [4.69, 9.17) is 0 Å². The summed E-state index contributed by atoms with van der Waals surface area (Å²) >= 11 is 0. The van der Waals surface area contributed by atoms with Gasteiger partial charge in [0.1, 0.15) is 11.6 Å². The Labute approximate surface area is 149 Å². The summed E-state index contributed by atoms with van der Waals surface area (Å²) in [4.78, 5) is 27.6. The molecule has 0 fully saturated rings. The number of pyridine rings is 1. The minimum atomic E-state index is -0.467. The number of hydrogen-bond donors (Lipinski definition) is 2. The Balaban J connectivity index is 1.64. The molecule has 3 aromatic rings. The molecule has 0 aliphatic heterocycles. The maximum Gasteiger partial charge on any atom is 0.255 e. The first-order chi connectivity index (χ1) is 12.5. The fraction of sp³-hybridized carbons (Fsp3) is 0.0500. The number of amides is 1. The molecule has 0 saturated heterocycles. The van der Waals surface area contributed by atoms with Gasteiger partial charge in [0.05, 0.1) is 11.9 Å². The van der Waals surface area contributed by atoms with Gasteiger partial charge >= 0.3 is 0 Å². The molecule has 1 heterocycles. The monoisotopic (exact) mass is 349 g/mol. The van der Waals surface area contributed by atoms with Crippen LogP contribution in [-0.2, 0) is 0 Å². The number of halogens is 1. The third-order valence-corrected chi connectivity index (χ3v) is 3.67. The molecule has 1 aromatic heterocycles. The molecule has 0 spiro atoms. The highest BCUT2D eigenvalue weighted by atomic mass is 19.1. The van der Waals surface area contributed by atoms with Gasteiger partial charge in [0, 0.05) is 16.8 Å². The fourth-order valence-electron chi connectivity index (χ4n) is 2.31. The normalized spacial score (nSPS) is 10.2. The first kappa shape index (κ1) is 17.3. The lowest BCUT2D eigenvalue weighted by Gasteiger charge is -2.08. The van der Waals surface area contributed by atoms with Crippen LogP contribution in [0.3, 0.4) is 0 Å². The van der Waals surface area contributed by atoms with Gasteiger partial charge in [-0.1, -0.05) is 6.07 Å². The molecular formula is C20H16FN3O2. The summed E-state index contributed by atoms with van der Waals surface area (Å²) in [6, 6.07) is 15.9. The van der Waals surface area contributed by atoms with E-state index >= 15 is 0 Å². The number of hydrogen-bond acceptors (Lipinski definition) is 4. The van der Waals surface area contributed by atoms with Gasteiger partial charge in [-0.2, -0.15) is 0 Å². The third kappa shape index (κ3) is 4.30. The Hall–Kier alpha value is -3.54. The molecule has 130 valence electrons. The summed E-state index contributed by atoms with van der Waals surface area (Å²) in [6.45, 7) is 1.51. The molecule has 2 aromatic carbocycles. The topological polar surface area (TPSA) is 71.1 Å². The van der Waals surface area contributed by atoms with Crippen molar-refractivity contribution in [1.82, 2.24) is 4.98 Å². The molecule has 0 atom stereocenters. The second kappa shape index (κ2) is 7.57. The fourth-order valence-corrected chi connectivity index (χ4v) is 2.31. The van der Waals surface area contributed by atoms with Crippen molar-refractivity contribution in [2.24, 2.45) is 0 Å². The van der Waals surface area contributed by atoms with Crippen molar-refractivity contribution in [2.45, 2.75) is 6.92 Å². The van der Waals surface area contributed by atoms with Gasteiger partial charge in [-0.3, -0.25) is 9.59 Å². The van der Waals surface area contributed by atoms with Crippen molar-refractivity contribution in [3.05, 3.63) is 83.8 Å². The van der Waals surface area contributed by atoms with Gasteiger partial charge in [0.25, 0.3) is 5.91 Å². The average molecular weight is 349 g/mol. The number of nitrogens with zero attached hydrogens (tertiary/aromatic N) is 1. The van der Waals surface area contributed by atoms with E-state index in [2.05, 4.69) is 15.6 Å². The predicted octanol–water partition coefficient (Wildman–Crippen LogP) is 4.42. The quantitative estimate of drug-likeness (QED) is 0.669. The van der Waals surface area contributed by atoms with Crippen molar-refractivity contribution in [1.29, 1.82) is 0 Å². The molecule has 6 heteroatoms. The number of nitrogens with one attached hydrogen (secondary N) is 2. The molecule has 1 amide bonds. The Kier molecular flexibility index (Phi) is 5.03. The summed E-state index contributed by atoms with van der Waals surface area (Å²) in [5, 5.41) is 5.77. The van der Waals surface area contributed by atoms with E-state index in [9.17, 15) is 14.0 Å². The van der Waals surface area contributed by atoms with E-state index in [-0.39, 0.29) is 11.3 Å². The van der Waals surface area contributed by atoms with Gasteiger partial charge in [-0.15, -0.1) is 0 Å². The smallest absolute Gasteiger partial charge is 0.255 e. The summed E-state index contributed by atoms with van der Waals surface area (Å²) in [7, 11) is 0. The molecular weight excluding hydrogens is 333 g/mol. The number of rotatable bonds is 5. The van der Waals surface area contributed by atoms with Crippen LogP contribution in [0.15, 0.2) is 66.9 Å². The highest BCUT2D eigenvalue weighted by Crippen LogP contribution is 2.17. The number of aromatic nitrogens is 1. The van der Waals surface area contributed by atoms with Gasteiger partial charge < -0.3 is 10.6 Å². The van der Waals surface area contributed by atoms with E-state index < -0.39 is 11.7 Å². The van der Waals surface area contributed by atoms with Crippen LogP contribution in [0, 0.1) is 5.82 Å². The Morgan fingerprint density at radius 1 is 0.923 bits per heavy atom. The number of Topliss-reactive ketones (excluding diaryl/α,β-unsaturated/α-hetero) is 1. The number of anilines is 3. The molecule has 0 aliphatic carbocycles. The van der Waals surface area contributed by atoms with Crippen LogP contribution in [-0.4, -0.2) is 16.7 Å². The summed E-state index contributed by atoms with van der Waals surface area (Å²) in [5.41, 5.74) is 2.16. The van der Waals surface area contributed by atoms with Crippen molar-refractivity contribution in [2.75, 3.05) is 10.6 Å². The lowest BCUT2D eigenvalue weighted by Crippen LogP contribution is -2.12. The molecule has 26 heavy (non-hydrogen) atoms. The zero-order valence-electron chi connectivity index (χ0n) is 14.0. The maximum absolute atomic E-state index is 13.2. The number of carbonyl (C=O) groups excluding carboxylic acids is 2. The zero-order chi connectivity index (χ0) is 18.5. The van der Waals surface area contributed by atoms with E-state index in [1.807, 2.05) is 0 Å². The minimum Gasteiger partial charge on any atom is -0.340 e. The van der Waals surface area contributed by atoms with Crippen molar-refractivity contribution >= 4 is 28.9 Å². The Morgan fingerprint density at radius 3 is 2.27 bits per heavy atom. The largest absolute Gasteiger partial charge is 0.340 e. The average Bonchev–Trinajstić information content (AvgIpc) is 2.64. The second-order valence-electron chi connectivity index (χ2n) is 5.66. The summed E-state index contributed by atoms with van der Waals surface area (Å²) in [6.07, 6.45) is 1.50. The molecule has 0 aliphatic rings. The maximum atomic E-state index is 13.2. The molecule has 2 N–H and O–H groups in total. The van der Waals surface area contributed by atoms with E-state index in [1.165, 1.54) is 37.4 Å². The van der Waals surface area contributed by atoms with Gasteiger partial charge in [0.2, 0.25) is 0 Å². The molecule has 3 rings (SSSR count). The molecule has 0 unspecified atom stereocenters. The molecule has 5 nitrogen and oxygen atoms in total. The standard InChI is InChI=1S/C20H16FN3O2/c1-13(25)14-5-7-17(8-6-14)23-19-10-9-18(12-22-19)24-20(26)15-3-2-4-16(21)11-15/h2-12H,1H3,(H,22,23)(H,24,26). The lowest BCUT2D eigenvalue weighted by atomic mass is 10.1. The second-order valence-corrected chi connectivity index (χ2v) is 5.66. The highest BCUT2D eigenvalue weighted by Gasteiger charge is 2.07. The SMILES string of the molecule is CC(=O)c1ccc(Nc2ccc(NC(=O)c3cccc(F)c3)cn2)cc1. The first-order valence-electron chi connectivity index (χ1n) is 7.92. The number of benzene rings is 2. The summed E-state index contributed by atoms with van der Waals surface area (Å²) < 4.78 is 13.2. The van der Waals surface area contributed by atoms with Gasteiger partial charge in [-0.05, 0) is 61.5 Å². The van der Waals surface area contributed by atoms with E-state index in [1.54, 1.807) is 36.4 Å². The van der Waals surface area contributed by atoms with E-state index in [0.29, 0.717) is 17.1 Å². The van der Waals surface area contributed by atoms with Crippen LogP contribution in [0.25, 0.3) is 0 Å². The van der Waals surface area contributed by atoms with Crippen LogP contribution in [0.4, 0.5) is 21.6 Å².